The van der Waals surface area contributed by atoms with Crippen LogP contribution in [0.25, 0.3) is 11.0 Å². The number of aromatic carboxylic acids is 1. The van der Waals surface area contributed by atoms with Crippen molar-refractivity contribution in [2.24, 2.45) is 0 Å². The monoisotopic (exact) mass is 445 g/mol. The van der Waals surface area contributed by atoms with Crippen LogP contribution in [0.3, 0.4) is 0 Å². The summed E-state index contributed by atoms with van der Waals surface area (Å²) in [5.74, 6) is -2.23. The Balaban J connectivity index is 1.89. The fourth-order valence-electron chi connectivity index (χ4n) is 2.62. The molecule has 0 saturated heterocycles. The molecule has 0 aliphatic heterocycles. The summed E-state index contributed by atoms with van der Waals surface area (Å²) in [4.78, 5) is 10.9. The topological polar surface area (TPSA) is 62.5 Å². The molecule has 0 bridgehead atoms. The summed E-state index contributed by atoms with van der Waals surface area (Å²) in [5, 5.41) is 12.0. The normalized spacial score (nSPS) is 11.8. The van der Waals surface area contributed by atoms with Gasteiger partial charge >= 0.3 is 12.1 Å². The van der Waals surface area contributed by atoms with E-state index >= 15 is 0 Å². The first-order chi connectivity index (χ1) is 12.6. The van der Waals surface area contributed by atoms with Crippen molar-refractivity contribution in [2.45, 2.75) is 19.6 Å². The predicted octanol–water partition coefficient (Wildman–Crippen LogP) is 5.97. The van der Waals surface area contributed by atoms with E-state index in [0.29, 0.717) is 5.56 Å². The van der Waals surface area contributed by atoms with Crippen LogP contribution in [0.1, 0.15) is 27.2 Å². The predicted molar refractivity (Wildman–Crippen MR) is 94.3 cm³/mol. The Kier molecular flexibility index (Phi) is 4.90. The van der Waals surface area contributed by atoms with Crippen LogP contribution in [0.5, 0.6) is 0 Å². The highest BCUT2D eigenvalue weighted by molar-refractivity contribution is 9.10. The van der Waals surface area contributed by atoms with Gasteiger partial charge in [0.05, 0.1) is 5.56 Å². The molecule has 9 heteroatoms. The number of furan rings is 1. The second-order valence-electron chi connectivity index (χ2n) is 5.90. The third-order valence-electron chi connectivity index (χ3n) is 3.94. The standard InChI is InChI=1S/C18H12BrF4NO3/c1-8-2-11(6-12(16(8)19)18(21,22)23)24-7-10-5-14-9(3-13(10)20)4-15(27-14)17(25)26/h2-6,24H,7H2,1H3,(H,25,26). The molecule has 0 atom stereocenters. The SMILES string of the molecule is Cc1cc(NCc2cc3oc(C(=O)O)cc3cc2F)cc(C(F)(F)F)c1Br. The zero-order valence-electron chi connectivity index (χ0n) is 13.7. The molecule has 0 amide bonds. The highest BCUT2D eigenvalue weighted by atomic mass is 79.9. The van der Waals surface area contributed by atoms with Gasteiger partial charge in [-0.1, -0.05) is 0 Å². The molecule has 2 aromatic carbocycles. The van der Waals surface area contributed by atoms with E-state index in [2.05, 4.69) is 21.2 Å². The van der Waals surface area contributed by atoms with Crippen LogP contribution in [0.2, 0.25) is 0 Å². The summed E-state index contributed by atoms with van der Waals surface area (Å²) in [7, 11) is 0. The zero-order chi connectivity index (χ0) is 19.9. The summed E-state index contributed by atoms with van der Waals surface area (Å²) >= 11 is 2.93. The fraction of sp³-hybridized carbons (Fsp3) is 0.167. The lowest BCUT2D eigenvalue weighted by Gasteiger charge is -2.15. The van der Waals surface area contributed by atoms with Crippen LogP contribution < -0.4 is 5.32 Å². The molecule has 0 aliphatic rings. The molecule has 3 aromatic rings. The molecule has 1 heterocycles. The van der Waals surface area contributed by atoms with Crippen LogP contribution in [0, 0.1) is 12.7 Å². The van der Waals surface area contributed by atoms with Gasteiger partial charge < -0.3 is 14.8 Å². The molecule has 4 nitrogen and oxygen atoms in total. The van der Waals surface area contributed by atoms with Gasteiger partial charge in [-0.05, 0) is 58.7 Å². The number of benzene rings is 2. The number of fused-ring (bicyclic) bond motifs is 1. The lowest BCUT2D eigenvalue weighted by Crippen LogP contribution is -2.09. The average molecular weight is 446 g/mol. The number of carbonyl (C=O) groups is 1. The highest BCUT2D eigenvalue weighted by Crippen LogP contribution is 2.38. The molecule has 142 valence electrons. The van der Waals surface area contributed by atoms with E-state index < -0.39 is 23.5 Å². The van der Waals surface area contributed by atoms with E-state index in [1.165, 1.54) is 25.1 Å². The number of hydrogen-bond acceptors (Lipinski definition) is 3. The largest absolute Gasteiger partial charge is 0.475 e. The summed E-state index contributed by atoms with van der Waals surface area (Å²) in [6.07, 6.45) is -4.53. The number of anilines is 1. The van der Waals surface area contributed by atoms with Crippen molar-refractivity contribution < 1.29 is 31.9 Å². The van der Waals surface area contributed by atoms with E-state index in [1.54, 1.807) is 0 Å². The third kappa shape index (κ3) is 3.92. The number of halogens is 5. The van der Waals surface area contributed by atoms with Crippen molar-refractivity contribution >= 4 is 38.6 Å². The molecule has 0 saturated carbocycles. The van der Waals surface area contributed by atoms with E-state index in [0.717, 1.165) is 12.1 Å². The molecule has 3 rings (SSSR count). The highest BCUT2D eigenvalue weighted by Gasteiger charge is 2.34. The van der Waals surface area contributed by atoms with Crippen LogP contribution in [0.4, 0.5) is 23.2 Å². The van der Waals surface area contributed by atoms with Gasteiger partial charge in [-0.3, -0.25) is 0 Å². The second kappa shape index (κ2) is 6.88. The van der Waals surface area contributed by atoms with Gasteiger partial charge in [0.2, 0.25) is 5.76 Å². The minimum atomic E-state index is -4.53. The van der Waals surface area contributed by atoms with Gasteiger partial charge in [0.1, 0.15) is 11.4 Å². The Morgan fingerprint density at radius 3 is 2.56 bits per heavy atom. The average Bonchev–Trinajstić information content (AvgIpc) is 2.97. The van der Waals surface area contributed by atoms with Crippen molar-refractivity contribution in [3.8, 4) is 0 Å². The number of carboxylic acid groups (broad SMARTS) is 1. The van der Waals surface area contributed by atoms with Gasteiger partial charge in [-0.15, -0.1) is 0 Å². The van der Waals surface area contributed by atoms with Crippen molar-refractivity contribution in [2.75, 3.05) is 5.32 Å². The molecular weight excluding hydrogens is 434 g/mol. The van der Waals surface area contributed by atoms with Gasteiger partial charge in [0.15, 0.2) is 0 Å². The van der Waals surface area contributed by atoms with Crippen molar-refractivity contribution in [3.63, 3.8) is 0 Å². The summed E-state index contributed by atoms with van der Waals surface area (Å²) in [6.45, 7) is 1.41. The zero-order valence-corrected chi connectivity index (χ0v) is 15.3. The number of alkyl halides is 3. The third-order valence-corrected chi connectivity index (χ3v) is 4.99. The van der Waals surface area contributed by atoms with Crippen molar-refractivity contribution in [1.82, 2.24) is 0 Å². The van der Waals surface area contributed by atoms with Gasteiger partial charge in [-0.25, -0.2) is 9.18 Å². The number of nitrogens with one attached hydrogen (secondary N) is 1. The Hall–Kier alpha value is -2.55. The number of aryl methyl sites for hydroxylation is 1. The fourth-order valence-corrected chi connectivity index (χ4v) is 3.07. The maximum absolute atomic E-state index is 14.2. The molecule has 27 heavy (non-hydrogen) atoms. The van der Waals surface area contributed by atoms with Gasteiger partial charge in [0.25, 0.3) is 0 Å². The van der Waals surface area contributed by atoms with Gasteiger partial charge in [0, 0.05) is 27.7 Å². The molecule has 0 fully saturated rings. The number of carboxylic acids is 1. The maximum Gasteiger partial charge on any atom is 0.417 e. The van der Waals surface area contributed by atoms with Crippen LogP contribution >= 0.6 is 15.9 Å². The Labute approximate surface area is 158 Å². The molecule has 1 aromatic heterocycles. The second-order valence-corrected chi connectivity index (χ2v) is 6.70. The minimum absolute atomic E-state index is 0.0510. The maximum atomic E-state index is 14.2. The number of rotatable bonds is 4. The van der Waals surface area contributed by atoms with E-state index in [9.17, 15) is 22.4 Å². The quantitative estimate of drug-likeness (QED) is 0.485. The smallest absolute Gasteiger partial charge is 0.417 e. The lowest BCUT2D eigenvalue weighted by molar-refractivity contribution is -0.138. The van der Waals surface area contributed by atoms with Crippen molar-refractivity contribution in [3.05, 3.63) is 63.1 Å². The molecule has 2 N–H and O–H groups in total. The Bertz CT molecular complexity index is 1040. The van der Waals surface area contributed by atoms with Crippen molar-refractivity contribution in [1.29, 1.82) is 0 Å². The first-order valence-corrected chi connectivity index (χ1v) is 8.42. The summed E-state index contributed by atoms with van der Waals surface area (Å²) < 4.78 is 58.6. The van der Waals surface area contributed by atoms with E-state index in [4.69, 9.17) is 9.52 Å². The lowest BCUT2D eigenvalue weighted by atomic mass is 10.1. The van der Waals surface area contributed by atoms with Crippen LogP contribution in [-0.2, 0) is 12.7 Å². The Morgan fingerprint density at radius 1 is 1.22 bits per heavy atom. The first kappa shape index (κ1) is 19.2. The summed E-state index contributed by atoms with van der Waals surface area (Å²) in [6, 6.07) is 6.08. The van der Waals surface area contributed by atoms with Crippen LogP contribution in [-0.4, -0.2) is 11.1 Å². The van der Waals surface area contributed by atoms with Gasteiger partial charge in [-0.2, -0.15) is 13.2 Å². The number of hydrogen-bond donors (Lipinski definition) is 2. The Morgan fingerprint density at radius 2 is 1.93 bits per heavy atom. The van der Waals surface area contributed by atoms with E-state index in [-0.39, 0.29) is 39.0 Å². The first-order valence-electron chi connectivity index (χ1n) is 7.62. The molecule has 0 radical (unpaired) electrons. The van der Waals surface area contributed by atoms with E-state index in [1.807, 2.05) is 0 Å². The molecule has 0 spiro atoms. The molecule has 0 unspecified atom stereocenters. The molecule has 0 aliphatic carbocycles. The molecular formula is C18H12BrF4NO3. The summed E-state index contributed by atoms with van der Waals surface area (Å²) in [5.41, 5.74) is 0.0168. The minimum Gasteiger partial charge on any atom is -0.475 e. The van der Waals surface area contributed by atoms with Crippen LogP contribution in [0.15, 0.2) is 39.2 Å².